The van der Waals surface area contributed by atoms with Gasteiger partial charge >= 0.3 is 5.97 Å². The van der Waals surface area contributed by atoms with E-state index in [-0.39, 0.29) is 18.5 Å². The number of esters is 1. The average Bonchev–Trinajstić information content (AvgIpc) is 3.21. The molecule has 2 fully saturated rings. The zero-order valence-corrected chi connectivity index (χ0v) is 15.8. The number of carbonyl (C=O) groups is 2. The minimum absolute atomic E-state index is 0.175. The van der Waals surface area contributed by atoms with Gasteiger partial charge in [-0.15, -0.1) is 11.8 Å². The van der Waals surface area contributed by atoms with Crippen LogP contribution < -0.4 is 5.32 Å². The number of halogens is 1. The largest absolute Gasteiger partial charge is 0.456 e. The first-order valence-corrected chi connectivity index (χ1v) is 10.3. The molecule has 2 aliphatic carbocycles. The first-order chi connectivity index (χ1) is 12.1. The Morgan fingerprint density at radius 2 is 2.00 bits per heavy atom. The highest BCUT2D eigenvalue weighted by atomic mass is 35.5. The lowest BCUT2D eigenvalue weighted by atomic mass is 9.86. The fourth-order valence-electron chi connectivity index (χ4n) is 3.99. The highest BCUT2D eigenvalue weighted by Gasteiger charge is 2.40. The van der Waals surface area contributed by atoms with Gasteiger partial charge in [0.2, 0.25) is 0 Å². The summed E-state index contributed by atoms with van der Waals surface area (Å²) >= 11 is 7.48. The smallest absolute Gasteiger partial charge is 0.306 e. The second kappa shape index (κ2) is 8.95. The highest BCUT2D eigenvalue weighted by molar-refractivity contribution is 7.99. The number of thioether (sulfide) groups is 1. The van der Waals surface area contributed by atoms with E-state index in [0.29, 0.717) is 29.8 Å². The van der Waals surface area contributed by atoms with Crippen LogP contribution in [-0.4, -0.2) is 30.8 Å². The van der Waals surface area contributed by atoms with E-state index in [2.05, 4.69) is 5.32 Å². The zero-order chi connectivity index (χ0) is 17.6. The van der Waals surface area contributed by atoms with Crippen LogP contribution in [0.5, 0.6) is 0 Å². The first-order valence-electron chi connectivity index (χ1n) is 8.91. The van der Waals surface area contributed by atoms with Crippen LogP contribution in [0, 0.1) is 17.8 Å². The summed E-state index contributed by atoms with van der Waals surface area (Å²) in [6.45, 7) is 0.362. The number of benzene rings is 1. The number of rotatable bonds is 8. The van der Waals surface area contributed by atoms with Gasteiger partial charge in [0.1, 0.15) is 0 Å². The van der Waals surface area contributed by atoms with Crippen LogP contribution in [0.2, 0.25) is 5.02 Å². The Morgan fingerprint density at radius 3 is 2.68 bits per heavy atom. The summed E-state index contributed by atoms with van der Waals surface area (Å²) in [5.41, 5.74) is 0. The van der Waals surface area contributed by atoms with E-state index in [9.17, 15) is 9.59 Å². The SMILES string of the molecule is O=C(COC(=O)C[C@H]1C[C@@H]2CC[C@@H]1C2)NCCSc1ccc(Cl)cc1. The lowest BCUT2D eigenvalue weighted by Gasteiger charge is -2.20. The van der Waals surface area contributed by atoms with Crippen molar-refractivity contribution in [3.63, 3.8) is 0 Å². The molecule has 0 aliphatic heterocycles. The summed E-state index contributed by atoms with van der Waals surface area (Å²) in [5.74, 6) is 2.29. The van der Waals surface area contributed by atoms with E-state index < -0.39 is 0 Å². The van der Waals surface area contributed by atoms with E-state index >= 15 is 0 Å². The van der Waals surface area contributed by atoms with E-state index in [1.54, 1.807) is 11.8 Å². The number of hydrogen-bond donors (Lipinski definition) is 1. The van der Waals surface area contributed by atoms with E-state index in [0.717, 1.165) is 23.0 Å². The average molecular weight is 382 g/mol. The summed E-state index contributed by atoms with van der Waals surface area (Å²) in [5, 5.41) is 3.49. The quantitative estimate of drug-likeness (QED) is 0.421. The summed E-state index contributed by atoms with van der Waals surface area (Å²) in [6, 6.07) is 7.59. The Bertz CT molecular complexity index is 607. The van der Waals surface area contributed by atoms with Gasteiger partial charge in [0, 0.05) is 28.6 Å². The maximum atomic E-state index is 11.9. The Kier molecular flexibility index (Phi) is 6.65. The Labute approximate surface area is 158 Å². The molecule has 1 amide bonds. The maximum absolute atomic E-state index is 11.9. The van der Waals surface area contributed by atoms with Crippen LogP contribution in [-0.2, 0) is 14.3 Å². The summed E-state index contributed by atoms with van der Waals surface area (Å²) in [6.07, 6.45) is 5.50. The van der Waals surface area contributed by atoms with Crippen molar-refractivity contribution in [3.8, 4) is 0 Å². The predicted molar refractivity (Wildman–Crippen MR) is 99.7 cm³/mol. The normalized spacial score (nSPS) is 24.3. The van der Waals surface area contributed by atoms with Gasteiger partial charge in [0.05, 0.1) is 0 Å². The molecule has 1 aromatic rings. The monoisotopic (exact) mass is 381 g/mol. The fraction of sp³-hybridized carbons (Fsp3) is 0.579. The lowest BCUT2D eigenvalue weighted by molar-refractivity contribution is -0.149. The number of ether oxygens (including phenoxy) is 1. The molecule has 0 saturated heterocycles. The molecular formula is C19H24ClNO3S. The van der Waals surface area contributed by atoms with Crippen LogP contribution in [0.4, 0.5) is 0 Å². The van der Waals surface area contributed by atoms with Gasteiger partial charge in [-0.2, -0.15) is 0 Å². The van der Waals surface area contributed by atoms with E-state index in [1.165, 1.54) is 19.3 Å². The third-order valence-corrected chi connectivity index (χ3v) is 6.45. The van der Waals surface area contributed by atoms with Crippen LogP contribution in [0.15, 0.2) is 29.2 Å². The molecule has 0 spiro atoms. The fourth-order valence-corrected chi connectivity index (χ4v) is 4.88. The van der Waals surface area contributed by atoms with Gasteiger partial charge in [-0.25, -0.2) is 0 Å². The number of amides is 1. The van der Waals surface area contributed by atoms with Crippen molar-refractivity contribution >= 4 is 35.2 Å². The Morgan fingerprint density at radius 1 is 1.20 bits per heavy atom. The minimum atomic E-state index is -0.238. The molecule has 3 atom stereocenters. The molecule has 0 aromatic heterocycles. The van der Waals surface area contributed by atoms with Gasteiger partial charge < -0.3 is 10.1 Å². The topological polar surface area (TPSA) is 55.4 Å². The molecule has 2 aliphatic rings. The maximum Gasteiger partial charge on any atom is 0.306 e. The van der Waals surface area contributed by atoms with Gasteiger partial charge in [0.25, 0.3) is 5.91 Å². The molecule has 3 rings (SSSR count). The molecule has 136 valence electrons. The first kappa shape index (κ1) is 18.6. The van der Waals surface area contributed by atoms with Crippen LogP contribution in [0.1, 0.15) is 32.1 Å². The van der Waals surface area contributed by atoms with Crippen molar-refractivity contribution in [2.75, 3.05) is 18.9 Å². The van der Waals surface area contributed by atoms with E-state index in [4.69, 9.17) is 16.3 Å². The van der Waals surface area contributed by atoms with Crippen LogP contribution in [0.3, 0.4) is 0 Å². The van der Waals surface area contributed by atoms with Gasteiger partial charge in [0.15, 0.2) is 6.61 Å². The summed E-state index contributed by atoms with van der Waals surface area (Å²) < 4.78 is 5.13. The van der Waals surface area contributed by atoms with Gasteiger partial charge in [-0.3, -0.25) is 9.59 Å². The second-order valence-electron chi connectivity index (χ2n) is 6.95. The standard InChI is InChI=1S/C19H24ClNO3S/c20-16-3-5-17(6-4-16)25-8-7-21-18(22)12-24-19(23)11-15-10-13-1-2-14(15)9-13/h3-6,13-15H,1-2,7-12H2,(H,21,22)/t13-,14-,15-/m1/s1. The van der Waals surface area contributed by atoms with Gasteiger partial charge in [-0.1, -0.05) is 18.0 Å². The Hall–Kier alpha value is -1.20. The van der Waals surface area contributed by atoms with Gasteiger partial charge in [-0.05, 0) is 61.3 Å². The second-order valence-corrected chi connectivity index (χ2v) is 8.56. The van der Waals surface area contributed by atoms with Crippen molar-refractivity contribution in [1.29, 1.82) is 0 Å². The lowest BCUT2D eigenvalue weighted by Crippen LogP contribution is -2.31. The predicted octanol–water partition coefficient (Wildman–Crippen LogP) is 3.92. The Balaban J connectivity index is 1.25. The molecule has 1 aromatic carbocycles. The molecule has 2 saturated carbocycles. The third kappa shape index (κ3) is 5.65. The number of fused-ring (bicyclic) bond motifs is 2. The molecule has 2 bridgehead atoms. The number of nitrogens with one attached hydrogen (secondary N) is 1. The van der Waals surface area contributed by atoms with Crippen molar-refractivity contribution in [2.45, 2.75) is 37.0 Å². The number of hydrogen-bond acceptors (Lipinski definition) is 4. The summed E-state index contributed by atoms with van der Waals surface area (Å²) in [4.78, 5) is 24.8. The van der Waals surface area contributed by atoms with Crippen molar-refractivity contribution < 1.29 is 14.3 Å². The molecule has 25 heavy (non-hydrogen) atoms. The molecular weight excluding hydrogens is 358 g/mol. The number of carbonyl (C=O) groups excluding carboxylic acids is 2. The van der Waals surface area contributed by atoms with Crippen LogP contribution in [0.25, 0.3) is 0 Å². The molecule has 0 unspecified atom stereocenters. The molecule has 0 heterocycles. The van der Waals surface area contributed by atoms with Crippen molar-refractivity contribution in [2.24, 2.45) is 17.8 Å². The van der Waals surface area contributed by atoms with Crippen molar-refractivity contribution in [1.82, 2.24) is 5.32 Å². The molecule has 1 N–H and O–H groups in total. The zero-order valence-electron chi connectivity index (χ0n) is 14.2. The molecule has 6 heteroatoms. The van der Waals surface area contributed by atoms with E-state index in [1.807, 2.05) is 24.3 Å². The summed E-state index contributed by atoms with van der Waals surface area (Å²) in [7, 11) is 0. The van der Waals surface area contributed by atoms with Crippen molar-refractivity contribution in [3.05, 3.63) is 29.3 Å². The molecule has 0 radical (unpaired) electrons. The third-order valence-electron chi connectivity index (χ3n) is 5.18. The molecule has 4 nitrogen and oxygen atoms in total. The highest BCUT2D eigenvalue weighted by Crippen LogP contribution is 2.49. The van der Waals surface area contributed by atoms with Crippen LogP contribution >= 0.6 is 23.4 Å². The minimum Gasteiger partial charge on any atom is -0.456 e.